The number of hydrogen-bond donors (Lipinski definition) is 0. The lowest BCUT2D eigenvalue weighted by atomic mass is 9.83. The highest BCUT2D eigenvalue weighted by Gasteiger charge is 2.36. The summed E-state index contributed by atoms with van der Waals surface area (Å²) in [6.45, 7) is 0. The maximum Gasteiger partial charge on any atom is 0.0627 e. The van der Waals surface area contributed by atoms with Crippen molar-refractivity contribution in [2.24, 2.45) is 11.8 Å². The van der Waals surface area contributed by atoms with Crippen LogP contribution in [0, 0.1) is 11.8 Å². The average molecular weight is 168 g/mol. The molecule has 0 aliphatic heterocycles. The van der Waals surface area contributed by atoms with Crippen LogP contribution in [0.1, 0.15) is 44.9 Å². The van der Waals surface area contributed by atoms with Gasteiger partial charge in [0.1, 0.15) is 0 Å². The van der Waals surface area contributed by atoms with Crippen molar-refractivity contribution in [3.63, 3.8) is 0 Å². The topological polar surface area (TPSA) is 9.23 Å². The molecule has 0 amide bonds. The Kier molecular flexibility index (Phi) is 2.69. The first-order chi connectivity index (χ1) is 5.92. The number of hydrogen-bond acceptors (Lipinski definition) is 1. The van der Waals surface area contributed by atoms with Crippen molar-refractivity contribution in [1.29, 1.82) is 0 Å². The molecule has 1 atom stereocenters. The van der Waals surface area contributed by atoms with Gasteiger partial charge in [-0.15, -0.1) is 0 Å². The summed E-state index contributed by atoms with van der Waals surface area (Å²) in [5.41, 5.74) is 0. The molecule has 0 bridgehead atoms. The zero-order valence-corrected chi connectivity index (χ0v) is 8.09. The second kappa shape index (κ2) is 3.78. The van der Waals surface area contributed by atoms with Crippen molar-refractivity contribution in [3.8, 4) is 0 Å². The van der Waals surface area contributed by atoms with E-state index in [9.17, 15) is 0 Å². The molecule has 0 radical (unpaired) electrons. The maximum atomic E-state index is 5.61. The van der Waals surface area contributed by atoms with Gasteiger partial charge < -0.3 is 4.74 Å². The second-order valence-electron chi connectivity index (χ2n) is 4.44. The van der Waals surface area contributed by atoms with Gasteiger partial charge in [-0.1, -0.05) is 19.3 Å². The molecule has 1 unspecified atom stereocenters. The summed E-state index contributed by atoms with van der Waals surface area (Å²) >= 11 is 0. The molecule has 1 nitrogen and oxygen atoms in total. The van der Waals surface area contributed by atoms with Crippen LogP contribution in [0.5, 0.6) is 0 Å². The third kappa shape index (κ3) is 1.82. The van der Waals surface area contributed by atoms with Crippen molar-refractivity contribution < 1.29 is 4.74 Å². The lowest BCUT2D eigenvalue weighted by Crippen LogP contribution is -2.26. The van der Waals surface area contributed by atoms with Gasteiger partial charge in [-0.3, -0.25) is 0 Å². The van der Waals surface area contributed by atoms with Crippen molar-refractivity contribution >= 4 is 0 Å². The molecule has 2 aliphatic rings. The van der Waals surface area contributed by atoms with E-state index in [0.717, 1.165) is 11.8 Å². The molecule has 2 fully saturated rings. The monoisotopic (exact) mass is 168 g/mol. The molecule has 0 N–H and O–H groups in total. The van der Waals surface area contributed by atoms with Gasteiger partial charge in [0.05, 0.1) is 6.10 Å². The minimum Gasteiger partial charge on any atom is -0.381 e. The Balaban J connectivity index is 1.85. The van der Waals surface area contributed by atoms with Gasteiger partial charge in [0.25, 0.3) is 0 Å². The third-order valence-electron chi connectivity index (χ3n) is 3.47. The smallest absolute Gasteiger partial charge is 0.0627 e. The summed E-state index contributed by atoms with van der Waals surface area (Å²) in [5.74, 6) is 1.83. The number of rotatable bonds is 3. The quantitative estimate of drug-likeness (QED) is 0.629. The highest BCUT2D eigenvalue weighted by molar-refractivity contribution is 4.87. The Bertz CT molecular complexity index is 134. The lowest BCUT2D eigenvalue weighted by molar-refractivity contribution is 0.0204. The standard InChI is InChI=1S/C11H20O/c1-12-11(10-7-8-10)9-5-3-2-4-6-9/h9-11H,2-8H2,1H3. The van der Waals surface area contributed by atoms with Crippen molar-refractivity contribution in [3.05, 3.63) is 0 Å². The lowest BCUT2D eigenvalue weighted by Gasteiger charge is -2.29. The van der Waals surface area contributed by atoms with E-state index < -0.39 is 0 Å². The zero-order chi connectivity index (χ0) is 8.39. The van der Waals surface area contributed by atoms with Crippen LogP contribution in [0.2, 0.25) is 0 Å². The van der Waals surface area contributed by atoms with E-state index in [2.05, 4.69) is 0 Å². The Morgan fingerprint density at radius 3 is 2.00 bits per heavy atom. The van der Waals surface area contributed by atoms with Crippen molar-refractivity contribution in [2.45, 2.75) is 51.0 Å². The second-order valence-corrected chi connectivity index (χ2v) is 4.44. The van der Waals surface area contributed by atoms with Crippen LogP contribution in [0.3, 0.4) is 0 Å². The summed E-state index contributed by atoms with van der Waals surface area (Å²) in [7, 11) is 1.90. The van der Waals surface area contributed by atoms with Crippen molar-refractivity contribution in [2.75, 3.05) is 7.11 Å². The minimum absolute atomic E-state index is 0.616. The van der Waals surface area contributed by atoms with Gasteiger partial charge in [-0.05, 0) is 37.5 Å². The number of methoxy groups -OCH3 is 1. The predicted octanol–water partition coefficient (Wildman–Crippen LogP) is 2.99. The van der Waals surface area contributed by atoms with Gasteiger partial charge in [-0.2, -0.15) is 0 Å². The first-order valence-corrected chi connectivity index (χ1v) is 5.44. The van der Waals surface area contributed by atoms with Crippen LogP contribution >= 0.6 is 0 Å². The Morgan fingerprint density at radius 1 is 0.917 bits per heavy atom. The van der Waals surface area contributed by atoms with E-state index in [1.165, 1.54) is 44.9 Å². The fourth-order valence-corrected chi connectivity index (χ4v) is 2.66. The van der Waals surface area contributed by atoms with E-state index in [0.29, 0.717) is 6.10 Å². The van der Waals surface area contributed by atoms with Gasteiger partial charge >= 0.3 is 0 Å². The summed E-state index contributed by atoms with van der Waals surface area (Å²) in [6, 6.07) is 0. The highest BCUT2D eigenvalue weighted by atomic mass is 16.5. The van der Waals surface area contributed by atoms with E-state index in [1.54, 1.807) is 0 Å². The largest absolute Gasteiger partial charge is 0.381 e. The van der Waals surface area contributed by atoms with Gasteiger partial charge in [-0.25, -0.2) is 0 Å². The molecule has 0 heterocycles. The molecule has 0 saturated heterocycles. The molecule has 0 aromatic heterocycles. The minimum atomic E-state index is 0.616. The van der Waals surface area contributed by atoms with E-state index in [1.807, 2.05) is 7.11 Å². The van der Waals surface area contributed by atoms with Gasteiger partial charge in [0.15, 0.2) is 0 Å². The zero-order valence-electron chi connectivity index (χ0n) is 8.09. The predicted molar refractivity (Wildman–Crippen MR) is 50.1 cm³/mol. The summed E-state index contributed by atoms with van der Waals surface area (Å²) in [6.07, 6.45) is 10.7. The van der Waals surface area contributed by atoms with E-state index in [4.69, 9.17) is 4.74 Å². The molecule has 2 rings (SSSR count). The van der Waals surface area contributed by atoms with Crippen LogP contribution in [0.25, 0.3) is 0 Å². The molecule has 12 heavy (non-hydrogen) atoms. The van der Waals surface area contributed by atoms with Crippen LogP contribution in [-0.4, -0.2) is 13.2 Å². The van der Waals surface area contributed by atoms with Crippen LogP contribution in [0.4, 0.5) is 0 Å². The SMILES string of the molecule is COC(C1CCCCC1)C1CC1. The Morgan fingerprint density at radius 2 is 1.50 bits per heavy atom. The van der Waals surface area contributed by atoms with Gasteiger partial charge in [0.2, 0.25) is 0 Å². The summed E-state index contributed by atoms with van der Waals surface area (Å²) in [5, 5.41) is 0. The normalized spacial score (nSPS) is 28.8. The molecule has 0 aromatic rings. The van der Waals surface area contributed by atoms with Crippen molar-refractivity contribution in [1.82, 2.24) is 0 Å². The maximum absolute atomic E-state index is 5.61. The van der Waals surface area contributed by atoms with Crippen LogP contribution in [-0.2, 0) is 4.74 Å². The fourth-order valence-electron chi connectivity index (χ4n) is 2.66. The Hall–Kier alpha value is -0.0400. The molecule has 1 heteroatoms. The molecule has 2 saturated carbocycles. The molecule has 2 aliphatic carbocycles. The van der Waals surface area contributed by atoms with Crippen LogP contribution in [0.15, 0.2) is 0 Å². The van der Waals surface area contributed by atoms with E-state index in [-0.39, 0.29) is 0 Å². The Labute approximate surface area is 75.5 Å². The summed E-state index contributed by atoms with van der Waals surface area (Å²) in [4.78, 5) is 0. The van der Waals surface area contributed by atoms with Crippen LogP contribution < -0.4 is 0 Å². The molecular weight excluding hydrogens is 148 g/mol. The molecular formula is C11H20O. The highest BCUT2D eigenvalue weighted by Crippen LogP contribution is 2.41. The number of ether oxygens (including phenoxy) is 1. The summed E-state index contributed by atoms with van der Waals surface area (Å²) < 4.78 is 5.61. The first kappa shape index (κ1) is 8.55. The molecule has 0 spiro atoms. The third-order valence-corrected chi connectivity index (χ3v) is 3.47. The molecule has 0 aromatic carbocycles. The van der Waals surface area contributed by atoms with Gasteiger partial charge in [0, 0.05) is 7.11 Å². The average Bonchev–Trinajstić information content (AvgIpc) is 2.92. The van der Waals surface area contributed by atoms with E-state index >= 15 is 0 Å². The molecule has 70 valence electrons. The first-order valence-electron chi connectivity index (χ1n) is 5.44. The fraction of sp³-hybridized carbons (Fsp3) is 1.00.